The quantitative estimate of drug-likeness (QED) is 0.712. The Morgan fingerprint density at radius 3 is 3.00 bits per heavy atom. The molecule has 1 N–H and O–H groups in total. The number of hydrogen-bond acceptors (Lipinski definition) is 2. The van der Waals surface area contributed by atoms with E-state index in [1.54, 1.807) is 6.08 Å². The van der Waals surface area contributed by atoms with Crippen LogP contribution in [0, 0.1) is 0 Å². The minimum Gasteiger partial charge on any atom is -0.460 e. The third-order valence-corrected chi connectivity index (χ3v) is 1.43. The first-order chi connectivity index (χ1) is 5.36. The average Bonchev–Trinajstić information content (AvgIpc) is 2.48. The molecule has 11 heavy (non-hydrogen) atoms. The van der Waals surface area contributed by atoms with Gasteiger partial charge in [0.25, 0.3) is 0 Å². The lowest BCUT2D eigenvalue weighted by atomic mass is 10.4. The molecule has 60 valence electrons. The number of nitrogens with one attached hydrogen (secondary N) is 1. The summed E-state index contributed by atoms with van der Waals surface area (Å²) in [6.07, 6.45) is 1.70. The molecule has 0 aliphatic rings. The van der Waals surface area contributed by atoms with Gasteiger partial charge in [0, 0.05) is 0 Å². The summed E-state index contributed by atoms with van der Waals surface area (Å²) in [5.41, 5.74) is 0. The van der Waals surface area contributed by atoms with Crippen LogP contribution in [0.5, 0.6) is 0 Å². The van der Waals surface area contributed by atoms with Gasteiger partial charge < -0.3 is 9.73 Å². The van der Waals surface area contributed by atoms with E-state index in [0.717, 1.165) is 24.6 Å². The maximum absolute atomic E-state index is 5.35. The molecule has 1 heterocycles. The summed E-state index contributed by atoms with van der Waals surface area (Å²) < 4.78 is 5.35. The highest BCUT2D eigenvalue weighted by atomic mass is 16.3. The van der Waals surface area contributed by atoms with Gasteiger partial charge >= 0.3 is 0 Å². The monoisotopic (exact) mass is 151 g/mol. The first kappa shape index (κ1) is 8.08. The lowest BCUT2D eigenvalue weighted by Crippen LogP contribution is -2.10. The molecule has 0 radical (unpaired) electrons. The van der Waals surface area contributed by atoms with Crippen molar-refractivity contribution in [2.24, 2.45) is 0 Å². The summed E-state index contributed by atoms with van der Waals surface area (Å²) in [7, 11) is 0. The lowest BCUT2D eigenvalue weighted by molar-refractivity contribution is 0.481. The molecule has 0 unspecified atom stereocenters. The molecule has 0 aliphatic carbocycles. The van der Waals surface area contributed by atoms with Gasteiger partial charge in [0.05, 0.1) is 6.54 Å². The number of hydrogen-bond donors (Lipinski definition) is 1. The van der Waals surface area contributed by atoms with Crippen LogP contribution in [-0.2, 0) is 6.54 Å². The maximum Gasteiger partial charge on any atom is 0.126 e. The van der Waals surface area contributed by atoms with Crippen molar-refractivity contribution in [2.45, 2.75) is 13.5 Å². The minimum atomic E-state index is 0.796. The molecule has 0 aliphatic heterocycles. The molecule has 0 aromatic carbocycles. The summed E-state index contributed by atoms with van der Waals surface area (Å²) >= 11 is 0. The van der Waals surface area contributed by atoms with Gasteiger partial charge in [-0.1, -0.05) is 13.5 Å². The summed E-state index contributed by atoms with van der Waals surface area (Å²) in [4.78, 5) is 0. The van der Waals surface area contributed by atoms with E-state index in [0.29, 0.717) is 0 Å². The molecule has 0 bridgehead atoms. The van der Waals surface area contributed by atoms with E-state index in [4.69, 9.17) is 4.42 Å². The Morgan fingerprint density at radius 1 is 1.64 bits per heavy atom. The highest BCUT2D eigenvalue weighted by molar-refractivity contribution is 5.39. The fraction of sp³-hybridized carbons (Fsp3) is 0.333. The Kier molecular flexibility index (Phi) is 2.93. The molecule has 1 aromatic rings. The second-order valence-electron chi connectivity index (χ2n) is 2.29. The first-order valence-electron chi connectivity index (χ1n) is 3.78. The molecule has 0 atom stereocenters. The van der Waals surface area contributed by atoms with E-state index in [9.17, 15) is 0 Å². The number of furan rings is 1. The Labute approximate surface area is 66.9 Å². The molecule has 2 heteroatoms. The zero-order chi connectivity index (χ0) is 8.10. The predicted octanol–water partition coefficient (Wildman–Crippen LogP) is 2.03. The topological polar surface area (TPSA) is 25.2 Å². The lowest BCUT2D eigenvalue weighted by Gasteiger charge is -1.95. The summed E-state index contributed by atoms with van der Waals surface area (Å²) in [6, 6.07) is 3.87. The summed E-state index contributed by atoms with van der Waals surface area (Å²) in [5, 5.41) is 3.17. The summed E-state index contributed by atoms with van der Waals surface area (Å²) in [6.45, 7) is 7.44. The molecule has 1 aromatic heterocycles. The molecule has 0 amide bonds. The van der Waals surface area contributed by atoms with Crippen LogP contribution in [0.25, 0.3) is 6.08 Å². The van der Waals surface area contributed by atoms with Crippen LogP contribution in [-0.4, -0.2) is 6.54 Å². The molecule has 2 nitrogen and oxygen atoms in total. The Hall–Kier alpha value is -1.02. The van der Waals surface area contributed by atoms with Crippen molar-refractivity contribution < 1.29 is 4.42 Å². The van der Waals surface area contributed by atoms with Crippen molar-refractivity contribution in [3.05, 3.63) is 30.2 Å². The van der Waals surface area contributed by atoms with Crippen LogP contribution in [0.3, 0.4) is 0 Å². The average molecular weight is 151 g/mol. The molecule has 1 rings (SSSR count). The van der Waals surface area contributed by atoms with Gasteiger partial charge in [0.2, 0.25) is 0 Å². The van der Waals surface area contributed by atoms with Gasteiger partial charge in [0.15, 0.2) is 0 Å². The fourth-order valence-corrected chi connectivity index (χ4v) is 0.847. The van der Waals surface area contributed by atoms with Crippen molar-refractivity contribution in [3.8, 4) is 0 Å². The molecular weight excluding hydrogens is 138 g/mol. The molecular formula is C9H13NO. The second-order valence-corrected chi connectivity index (χ2v) is 2.29. The van der Waals surface area contributed by atoms with E-state index >= 15 is 0 Å². The van der Waals surface area contributed by atoms with Crippen LogP contribution in [0.4, 0.5) is 0 Å². The Bertz CT molecular complexity index is 227. The van der Waals surface area contributed by atoms with Crippen molar-refractivity contribution in [1.82, 2.24) is 5.32 Å². The third-order valence-electron chi connectivity index (χ3n) is 1.43. The van der Waals surface area contributed by atoms with Gasteiger partial charge in [-0.2, -0.15) is 0 Å². The van der Waals surface area contributed by atoms with Gasteiger partial charge in [-0.3, -0.25) is 0 Å². The van der Waals surface area contributed by atoms with Gasteiger partial charge in [-0.15, -0.1) is 0 Å². The highest BCUT2D eigenvalue weighted by Gasteiger charge is 1.96. The largest absolute Gasteiger partial charge is 0.460 e. The molecule has 0 fully saturated rings. The van der Waals surface area contributed by atoms with E-state index in [1.165, 1.54) is 0 Å². The van der Waals surface area contributed by atoms with E-state index in [2.05, 4.69) is 18.8 Å². The van der Waals surface area contributed by atoms with Crippen LogP contribution >= 0.6 is 0 Å². The van der Waals surface area contributed by atoms with E-state index in [1.807, 2.05) is 12.1 Å². The normalized spacial score (nSPS) is 9.91. The van der Waals surface area contributed by atoms with Crippen LogP contribution in [0.15, 0.2) is 23.1 Å². The Morgan fingerprint density at radius 2 is 2.45 bits per heavy atom. The van der Waals surface area contributed by atoms with Crippen LogP contribution < -0.4 is 5.32 Å². The standard InChI is InChI=1S/C9H13NO/c1-3-8-5-6-9(11-8)7-10-4-2/h3,5-6,10H,1,4,7H2,2H3. The minimum absolute atomic E-state index is 0.796. The SMILES string of the molecule is C=Cc1ccc(CNCC)o1. The molecule has 0 saturated carbocycles. The molecule has 0 saturated heterocycles. The van der Waals surface area contributed by atoms with Crippen molar-refractivity contribution in [1.29, 1.82) is 0 Å². The zero-order valence-corrected chi connectivity index (χ0v) is 6.76. The maximum atomic E-state index is 5.35. The second kappa shape index (κ2) is 3.98. The van der Waals surface area contributed by atoms with Crippen LogP contribution in [0.1, 0.15) is 18.4 Å². The fourth-order valence-electron chi connectivity index (χ4n) is 0.847. The molecule has 0 spiro atoms. The first-order valence-corrected chi connectivity index (χ1v) is 3.78. The van der Waals surface area contributed by atoms with E-state index in [-0.39, 0.29) is 0 Å². The van der Waals surface area contributed by atoms with Gasteiger partial charge in [-0.25, -0.2) is 0 Å². The van der Waals surface area contributed by atoms with E-state index < -0.39 is 0 Å². The number of rotatable bonds is 4. The van der Waals surface area contributed by atoms with Crippen LogP contribution in [0.2, 0.25) is 0 Å². The summed E-state index contributed by atoms with van der Waals surface area (Å²) in [5.74, 6) is 1.79. The third kappa shape index (κ3) is 2.24. The van der Waals surface area contributed by atoms with Crippen molar-refractivity contribution in [2.75, 3.05) is 6.54 Å². The zero-order valence-electron chi connectivity index (χ0n) is 6.76. The highest BCUT2D eigenvalue weighted by Crippen LogP contribution is 2.07. The predicted molar refractivity (Wildman–Crippen MR) is 46.2 cm³/mol. The smallest absolute Gasteiger partial charge is 0.126 e. The van der Waals surface area contributed by atoms with Gasteiger partial charge in [0.1, 0.15) is 11.5 Å². The van der Waals surface area contributed by atoms with Crippen molar-refractivity contribution >= 4 is 6.08 Å². The van der Waals surface area contributed by atoms with Gasteiger partial charge in [-0.05, 0) is 24.8 Å². The van der Waals surface area contributed by atoms with Crippen molar-refractivity contribution in [3.63, 3.8) is 0 Å². The Balaban J connectivity index is 2.51.